The third-order valence-electron chi connectivity index (χ3n) is 4.41. The standard InChI is InChI=1S/C23H19N5O2/c1-30-20-9-7-18(8-10-20)21-15-22(28(27-21)19-5-3-2-4-6-19)23(29)26-25-16-17-11-13-24-14-12-17/h2-16H,1H3,(H,26,29). The summed E-state index contributed by atoms with van der Waals surface area (Å²) in [6, 6.07) is 22.3. The minimum absolute atomic E-state index is 0.364. The number of nitrogens with zero attached hydrogens (tertiary/aromatic N) is 4. The quantitative estimate of drug-likeness (QED) is 0.397. The topological polar surface area (TPSA) is 81.4 Å². The molecular weight excluding hydrogens is 378 g/mol. The number of benzene rings is 2. The molecule has 1 amide bonds. The van der Waals surface area contributed by atoms with Gasteiger partial charge in [0.05, 0.1) is 24.7 Å². The Labute approximate surface area is 173 Å². The molecule has 30 heavy (non-hydrogen) atoms. The van der Waals surface area contributed by atoms with Crippen molar-refractivity contribution in [3.63, 3.8) is 0 Å². The van der Waals surface area contributed by atoms with Crippen LogP contribution in [0.25, 0.3) is 16.9 Å². The number of hydrazone groups is 1. The van der Waals surface area contributed by atoms with Gasteiger partial charge in [0, 0.05) is 18.0 Å². The summed E-state index contributed by atoms with van der Waals surface area (Å²) in [6.45, 7) is 0. The van der Waals surface area contributed by atoms with Crippen molar-refractivity contribution in [3.8, 4) is 22.7 Å². The van der Waals surface area contributed by atoms with Gasteiger partial charge in [0.2, 0.25) is 0 Å². The van der Waals surface area contributed by atoms with E-state index >= 15 is 0 Å². The van der Waals surface area contributed by atoms with Crippen LogP contribution in [0.2, 0.25) is 0 Å². The maximum atomic E-state index is 12.9. The molecule has 1 N–H and O–H groups in total. The molecule has 0 fully saturated rings. The van der Waals surface area contributed by atoms with Gasteiger partial charge in [-0.15, -0.1) is 0 Å². The second kappa shape index (κ2) is 8.83. The number of carbonyl (C=O) groups excluding carboxylic acids is 1. The van der Waals surface area contributed by atoms with E-state index in [0.717, 1.165) is 22.6 Å². The lowest BCUT2D eigenvalue weighted by molar-refractivity contribution is 0.0947. The van der Waals surface area contributed by atoms with Crippen LogP contribution in [0.3, 0.4) is 0 Å². The lowest BCUT2D eigenvalue weighted by Crippen LogP contribution is -2.21. The fourth-order valence-electron chi connectivity index (χ4n) is 2.88. The highest BCUT2D eigenvalue weighted by atomic mass is 16.5. The molecule has 7 heteroatoms. The van der Waals surface area contributed by atoms with Crippen LogP contribution in [0.5, 0.6) is 5.75 Å². The van der Waals surface area contributed by atoms with E-state index < -0.39 is 0 Å². The molecule has 0 aliphatic heterocycles. The first-order chi connectivity index (χ1) is 14.7. The van der Waals surface area contributed by atoms with Gasteiger partial charge in [-0.2, -0.15) is 10.2 Å². The minimum atomic E-state index is -0.364. The van der Waals surface area contributed by atoms with Crippen molar-refractivity contribution < 1.29 is 9.53 Å². The molecule has 2 aromatic carbocycles. The summed E-state index contributed by atoms with van der Waals surface area (Å²) in [6.07, 6.45) is 4.89. The molecule has 0 radical (unpaired) electrons. The monoisotopic (exact) mass is 397 g/mol. The molecule has 2 aromatic heterocycles. The molecule has 4 aromatic rings. The molecule has 7 nitrogen and oxygen atoms in total. The smallest absolute Gasteiger partial charge is 0.290 e. The Balaban J connectivity index is 1.65. The number of rotatable bonds is 6. The molecule has 0 aliphatic rings. The van der Waals surface area contributed by atoms with Crippen LogP contribution in [0.4, 0.5) is 0 Å². The van der Waals surface area contributed by atoms with Crippen molar-refractivity contribution in [3.05, 3.63) is 96.4 Å². The SMILES string of the molecule is COc1ccc(-c2cc(C(=O)NN=Cc3ccncc3)n(-c3ccccc3)n2)cc1. The van der Waals surface area contributed by atoms with E-state index in [0.29, 0.717) is 11.4 Å². The van der Waals surface area contributed by atoms with Crippen LogP contribution in [0.15, 0.2) is 90.3 Å². The van der Waals surface area contributed by atoms with Gasteiger partial charge < -0.3 is 4.74 Å². The van der Waals surface area contributed by atoms with Gasteiger partial charge in [0.15, 0.2) is 0 Å². The first kappa shape index (κ1) is 19.1. The van der Waals surface area contributed by atoms with Crippen LogP contribution in [0, 0.1) is 0 Å². The van der Waals surface area contributed by atoms with Crippen LogP contribution >= 0.6 is 0 Å². The molecule has 4 rings (SSSR count). The zero-order chi connectivity index (χ0) is 20.8. The number of carbonyl (C=O) groups is 1. The number of ether oxygens (including phenoxy) is 1. The maximum Gasteiger partial charge on any atom is 0.290 e. The Morgan fingerprint density at radius 2 is 1.77 bits per heavy atom. The number of pyridine rings is 1. The van der Waals surface area contributed by atoms with Crippen molar-refractivity contribution >= 4 is 12.1 Å². The first-order valence-electron chi connectivity index (χ1n) is 9.28. The van der Waals surface area contributed by atoms with E-state index in [9.17, 15) is 4.79 Å². The highest BCUT2D eigenvalue weighted by Gasteiger charge is 2.17. The average molecular weight is 397 g/mol. The normalized spacial score (nSPS) is 10.8. The van der Waals surface area contributed by atoms with Crippen molar-refractivity contribution in [2.24, 2.45) is 5.10 Å². The maximum absolute atomic E-state index is 12.9. The zero-order valence-corrected chi connectivity index (χ0v) is 16.3. The van der Waals surface area contributed by atoms with Gasteiger partial charge in [0.25, 0.3) is 5.91 Å². The predicted molar refractivity (Wildman–Crippen MR) is 115 cm³/mol. The highest BCUT2D eigenvalue weighted by molar-refractivity contribution is 5.95. The third kappa shape index (κ3) is 4.25. The molecule has 0 bridgehead atoms. The van der Waals surface area contributed by atoms with Gasteiger partial charge >= 0.3 is 0 Å². The molecule has 0 atom stereocenters. The summed E-state index contributed by atoms with van der Waals surface area (Å²) in [4.78, 5) is 16.8. The van der Waals surface area contributed by atoms with E-state index in [4.69, 9.17) is 4.74 Å². The number of hydrogen-bond donors (Lipinski definition) is 1. The number of nitrogens with one attached hydrogen (secondary N) is 1. The van der Waals surface area contributed by atoms with Crippen molar-refractivity contribution in [1.29, 1.82) is 0 Å². The van der Waals surface area contributed by atoms with Crippen molar-refractivity contribution in [2.75, 3.05) is 7.11 Å². The Hall–Kier alpha value is -4.26. The van der Waals surface area contributed by atoms with Crippen molar-refractivity contribution in [1.82, 2.24) is 20.2 Å². The fourth-order valence-corrected chi connectivity index (χ4v) is 2.88. The predicted octanol–water partition coefficient (Wildman–Crippen LogP) is 3.71. The summed E-state index contributed by atoms with van der Waals surface area (Å²) in [7, 11) is 1.62. The van der Waals surface area contributed by atoms with Crippen LogP contribution in [-0.4, -0.2) is 34.0 Å². The average Bonchev–Trinajstić information content (AvgIpc) is 3.26. The van der Waals surface area contributed by atoms with E-state index in [2.05, 4.69) is 20.6 Å². The van der Waals surface area contributed by atoms with Gasteiger partial charge in [-0.1, -0.05) is 18.2 Å². The summed E-state index contributed by atoms with van der Waals surface area (Å²) >= 11 is 0. The second-order valence-corrected chi connectivity index (χ2v) is 6.37. The lowest BCUT2D eigenvalue weighted by atomic mass is 10.1. The van der Waals surface area contributed by atoms with Gasteiger partial charge in [-0.3, -0.25) is 9.78 Å². The van der Waals surface area contributed by atoms with Crippen LogP contribution < -0.4 is 10.2 Å². The fraction of sp³-hybridized carbons (Fsp3) is 0.0435. The Morgan fingerprint density at radius 3 is 2.47 bits per heavy atom. The van der Waals surface area contributed by atoms with E-state index in [1.165, 1.54) is 0 Å². The Morgan fingerprint density at radius 1 is 1.03 bits per heavy atom. The van der Waals surface area contributed by atoms with E-state index in [-0.39, 0.29) is 5.91 Å². The minimum Gasteiger partial charge on any atom is -0.497 e. The number of aromatic nitrogens is 3. The summed E-state index contributed by atoms with van der Waals surface area (Å²) in [5.41, 5.74) is 6.10. The third-order valence-corrected chi connectivity index (χ3v) is 4.41. The number of para-hydroxylation sites is 1. The first-order valence-corrected chi connectivity index (χ1v) is 9.28. The largest absolute Gasteiger partial charge is 0.497 e. The van der Waals surface area contributed by atoms with Gasteiger partial charge in [-0.25, -0.2) is 10.1 Å². The number of hydrogen-bond acceptors (Lipinski definition) is 5. The van der Waals surface area contributed by atoms with Crippen molar-refractivity contribution in [2.45, 2.75) is 0 Å². The lowest BCUT2D eigenvalue weighted by Gasteiger charge is -2.06. The number of methoxy groups -OCH3 is 1. The van der Waals surface area contributed by atoms with E-state index in [1.54, 1.807) is 48.6 Å². The molecule has 0 aliphatic carbocycles. The zero-order valence-electron chi connectivity index (χ0n) is 16.3. The Bertz CT molecular complexity index is 1150. The van der Waals surface area contributed by atoms with Crippen LogP contribution in [-0.2, 0) is 0 Å². The van der Waals surface area contributed by atoms with Crippen LogP contribution in [0.1, 0.15) is 16.1 Å². The number of amides is 1. The highest BCUT2D eigenvalue weighted by Crippen LogP contribution is 2.24. The molecular formula is C23H19N5O2. The summed E-state index contributed by atoms with van der Waals surface area (Å²) < 4.78 is 6.82. The molecule has 0 unspecified atom stereocenters. The Kier molecular flexibility index (Phi) is 5.61. The van der Waals surface area contributed by atoms with Gasteiger partial charge in [-0.05, 0) is 60.2 Å². The van der Waals surface area contributed by atoms with E-state index in [1.807, 2.05) is 54.6 Å². The summed E-state index contributed by atoms with van der Waals surface area (Å²) in [5, 5.41) is 8.70. The molecule has 0 spiro atoms. The molecule has 2 heterocycles. The molecule has 148 valence electrons. The molecule has 0 saturated carbocycles. The summed E-state index contributed by atoms with van der Waals surface area (Å²) in [5.74, 6) is 0.390. The second-order valence-electron chi connectivity index (χ2n) is 6.37. The van der Waals surface area contributed by atoms with Gasteiger partial charge in [0.1, 0.15) is 11.4 Å². The molecule has 0 saturated heterocycles.